The first-order valence-corrected chi connectivity index (χ1v) is 9.81. The lowest BCUT2D eigenvalue weighted by Crippen LogP contribution is -2.38. The van der Waals surface area contributed by atoms with Crippen molar-refractivity contribution in [1.29, 1.82) is 0 Å². The minimum Gasteiger partial charge on any atom is -0.353 e. The lowest BCUT2D eigenvalue weighted by atomic mass is 9.93. The maximum absolute atomic E-state index is 12.4. The molecule has 0 spiro atoms. The van der Waals surface area contributed by atoms with E-state index in [1.54, 1.807) is 23.3 Å². The number of fused-ring (bicyclic) bond motifs is 1. The van der Waals surface area contributed by atoms with Crippen molar-refractivity contribution in [3.63, 3.8) is 0 Å². The molecule has 1 aromatic carbocycles. The van der Waals surface area contributed by atoms with E-state index in [0.717, 1.165) is 16.5 Å². The molecule has 0 radical (unpaired) electrons. The molecule has 4 N–H and O–H groups in total. The van der Waals surface area contributed by atoms with Gasteiger partial charge in [-0.3, -0.25) is 19.4 Å². The third-order valence-corrected chi connectivity index (χ3v) is 4.83. The zero-order valence-corrected chi connectivity index (χ0v) is 17.4. The first kappa shape index (κ1) is 22.4. The van der Waals surface area contributed by atoms with Crippen molar-refractivity contribution in [3.8, 4) is 0 Å². The van der Waals surface area contributed by atoms with Gasteiger partial charge in [-0.25, -0.2) is 10.3 Å². The Labute approximate surface area is 170 Å². The Hall–Kier alpha value is -2.87. The van der Waals surface area contributed by atoms with Gasteiger partial charge < -0.3 is 10.6 Å². The highest BCUT2D eigenvalue weighted by molar-refractivity contribution is 5.93. The van der Waals surface area contributed by atoms with Crippen LogP contribution in [0.5, 0.6) is 0 Å². The second-order valence-electron chi connectivity index (χ2n) is 7.78. The van der Waals surface area contributed by atoms with Gasteiger partial charge in [0.1, 0.15) is 0 Å². The summed E-state index contributed by atoms with van der Waals surface area (Å²) in [4.78, 5) is 36.4. The topological polar surface area (TPSA) is 112 Å². The number of amides is 3. The smallest absolute Gasteiger partial charge is 0.325 e. The molecule has 1 unspecified atom stereocenters. The molecule has 0 saturated heterocycles. The molecule has 0 fully saturated rings. The second-order valence-corrected chi connectivity index (χ2v) is 7.78. The minimum absolute atomic E-state index is 0.00884. The molecule has 1 heterocycles. The van der Waals surface area contributed by atoms with E-state index >= 15 is 0 Å². The van der Waals surface area contributed by atoms with E-state index in [9.17, 15) is 14.4 Å². The minimum atomic E-state index is -0.581. The molecule has 0 saturated carbocycles. The van der Waals surface area contributed by atoms with Crippen LogP contribution in [0.1, 0.15) is 39.2 Å². The standard InChI is InChI=1S/C21H30N4O4/c1-13(2)9-15(20(27)24-29)11-19(26)23-14(3)10-16-12-25(21(28)22-4)18-8-6-5-7-17(16)18/h5-8,12-15,29H,9-11H2,1-4H3,(H,22,28)(H,23,26)(H,24,27)/t14-,15?/m1/s1. The number of carbonyl (C=O) groups excluding carboxylic acids is 3. The molecule has 2 rings (SSSR count). The van der Waals surface area contributed by atoms with Crippen LogP contribution in [0.15, 0.2) is 30.5 Å². The van der Waals surface area contributed by atoms with Gasteiger partial charge in [0.05, 0.1) is 5.52 Å². The Bertz CT molecular complexity index is 875. The van der Waals surface area contributed by atoms with Gasteiger partial charge in [-0.1, -0.05) is 32.0 Å². The van der Waals surface area contributed by atoms with E-state index in [4.69, 9.17) is 5.21 Å². The molecule has 1 aromatic heterocycles. The third-order valence-electron chi connectivity index (χ3n) is 4.83. The summed E-state index contributed by atoms with van der Waals surface area (Å²) in [5.41, 5.74) is 3.40. The first-order chi connectivity index (χ1) is 13.8. The summed E-state index contributed by atoms with van der Waals surface area (Å²) >= 11 is 0. The van der Waals surface area contributed by atoms with Crippen molar-refractivity contribution in [3.05, 3.63) is 36.0 Å². The fraction of sp³-hybridized carbons (Fsp3) is 0.476. The van der Waals surface area contributed by atoms with E-state index in [1.165, 1.54) is 0 Å². The maximum Gasteiger partial charge on any atom is 0.325 e. The Kier molecular flexibility index (Phi) is 7.78. The fourth-order valence-electron chi connectivity index (χ4n) is 3.58. The Balaban J connectivity index is 2.08. The lowest BCUT2D eigenvalue weighted by Gasteiger charge is -2.19. The number of hydrogen-bond donors (Lipinski definition) is 4. The summed E-state index contributed by atoms with van der Waals surface area (Å²) in [6.07, 6.45) is 2.84. The fourth-order valence-corrected chi connectivity index (χ4v) is 3.58. The number of aromatic nitrogens is 1. The molecular weight excluding hydrogens is 372 g/mol. The third kappa shape index (κ3) is 5.80. The quantitative estimate of drug-likeness (QED) is 0.401. The normalized spacial score (nSPS) is 13.2. The van der Waals surface area contributed by atoms with Gasteiger partial charge >= 0.3 is 6.03 Å². The van der Waals surface area contributed by atoms with Crippen molar-refractivity contribution in [1.82, 2.24) is 20.7 Å². The summed E-state index contributed by atoms with van der Waals surface area (Å²) in [6.45, 7) is 5.80. The summed E-state index contributed by atoms with van der Waals surface area (Å²) < 4.78 is 1.56. The monoisotopic (exact) mass is 402 g/mol. The van der Waals surface area contributed by atoms with Crippen LogP contribution in [0.2, 0.25) is 0 Å². The van der Waals surface area contributed by atoms with E-state index in [1.807, 2.05) is 45.0 Å². The summed E-state index contributed by atoms with van der Waals surface area (Å²) in [6, 6.07) is 7.19. The molecule has 158 valence electrons. The molecule has 0 bridgehead atoms. The van der Waals surface area contributed by atoms with Crippen LogP contribution < -0.4 is 16.1 Å². The zero-order valence-electron chi connectivity index (χ0n) is 17.4. The van der Waals surface area contributed by atoms with Gasteiger partial charge in [0.2, 0.25) is 11.8 Å². The van der Waals surface area contributed by atoms with E-state index in [0.29, 0.717) is 12.8 Å². The van der Waals surface area contributed by atoms with Gasteiger partial charge in [-0.05, 0) is 37.3 Å². The number of hydrogen-bond acceptors (Lipinski definition) is 4. The van der Waals surface area contributed by atoms with Crippen LogP contribution in [-0.4, -0.2) is 40.7 Å². The van der Waals surface area contributed by atoms with Crippen molar-refractivity contribution in [2.24, 2.45) is 11.8 Å². The molecule has 29 heavy (non-hydrogen) atoms. The molecule has 8 heteroatoms. The van der Waals surface area contributed by atoms with Crippen LogP contribution in [-0.2, 0) is 16.0 Å². The number of nitrogens with zero attached hydrogens (tertiary/aromatic N) is 1. The highest BCUT2D eigenvalue weighted by Crippen LogP contribution is 2.23. The van der Waals surface area contributed by atoms with Gasteiger partial charge in [-0.2, -0.15) is 0 Å². The van der Waals surface area contributed by atoms with Crippen molar-refractivity contribution in [2.45, 2.75) is 46.1 Å². The van der Waals surface area contributed by atoms with Crippen LogP contribution in [0, 0.1) is 11.8 Å². The molecule has 0 aliphatic rings. The average Bonchev–Trinajstić information content (AvgIpc) is 3.04. The van der Waals surface area contributed by atoms with Gasteiger partial charge in [-0.15, -0.1) is 0 Å². The van der Waals surface area contributed by atoms with Gasteiger partial charge in [0, 0.05) is 37.0 Å². The second kappa shape index (κ2) is 10.1. The number of nitrogens with one attached hydrogen (secondary N) is 3. The number of rotatable bonds is 8. The molecule has 8 nitrogen and oxygen atoms in total. The molecule has 0 aliphatic carbocycles. The Morgan fingerprint density at radius 2 is 1.83 bits per heavy atom. The van der Waals surface area contributed by atoms with E-state index in [-0.39, 0.29) is 30.3 Å². The largest absolute Gasteiger partial charge is 0.353 e. The summed E-state index contributed by atoms with van der Waals surface area (Å²) in [7, 11) is 1.58. The van der Waals surface area contributed by atoms with Crippen LogP contribution in [0.3, 0.4) is 0 Å². The van der Waals surface area contributed by atoms with Crippen LogP contribution >= 0.6 is 0 Å². The van der Waals surface area contributed by atoms with Crippen LogP contribution in [0.4, 0.5) is 4.79 Å². The highest BCUT2D eigenvalue weighted by atomic mass is 16.5. The van der Waals surface area contributed by atoms with Crippen molar-refractivity contribution < 1.29 is 19.6 Å². The number of para-hydroxylation sites is 1. The Morgan fingerprint density at radius 1 is 1.14 bits per heavy atom. The average molecular weight is 402 g/mol. The molecule has 0 aliphatic heterocycles. The van der Waals surface area contributed by atoms with Crippen molar-refractivity contribution >= 4 is 28.7 Å². The molecular formula is C21H30N4O4. The van der Waals surface area contributed by atoms with Crippen LogP contribution in [0.25, 0.3) is 10.9 Å². The van der Waals surface area contributed by atoms with Gasteiger partial charge in [0.15, 0.2) is 0 Å². The van der Waals surface area contributed by atoms with Gasteiger partial charge in [0.25, 0.3) is 0 Å². The molecule has 2 atom stereocenters. The highest BCUT2D eigenvalue weighted by Gasteiger charge is 2.24. The lowest BCUT2D eigenvalue weighted by molar-refractivity contribution is -0.137. The molecule has 2 aromatic rings. The first-order valence-electron chi connectivity index (χ1n) is 9.81. The zero-order chi connectivity index (χ0) is 21.6. The molecule has 3 amide bonds. The SMILES string of the molecule is CNC(=O)n1cc(C[C@@H](C)NC(=O)CC(CC(C)C)C(=O)NO)c2ccccc21. The number of hydroxylamine groups is 1. The van der Waals surface area contributed by atoms with Crippen molar-refractivity contribution in [2.75, 3.05) is 7.05 Å². The predicted octanol–water partition coefficient (Wildman–Crippen LogP) is 2.43. The predicted molar refractivity (Wildman–Crippen MR) is 111 cm³/mol. The number of benzene rings is 1. The maximum atomic E-state index is 12.4. The summed E-state index contributed by atoms with van der Waals surface area (Å²) in [5.74, 6) is -1.15. The Morgan fingerprint density at radius 3 is 2.45 bits per heavy atom. The van der Waals surface area contributed by atoms with E-state index in [2.05, 4.69) is 10.6 Å². The summed E-state index contributed by atoms with van der Waals surface area (Å²) in [5, 5.41) is 15.4. The van der Waals surface area contributed by atoms with E-state index < -0.39 is 11.8 Å². The number of carbonyl (C=O) groups is 3.